The number of carbonyl (C=O) groups excluding carboxylic acids is 2. The van der Waals surface area contributed by atoms with Crippen LogP contribution in [0.5, 0.6) is 0 Å². The normalized spacial score (nSPS) is 11.1. The number of nitrogens with one attached hydrogen (secondary N) is 2. The van der Waals surface area contributed by atoms with Gasteiger partial charge in [0.15, 0.2) is 0 Å². The van der Waals surface area contributed by atoms with Crippen molar-refractivity contribution in [2.45, 2.75) is 20.3 Å². The molecule has 0 aliphatic rings. The Labute approximate surface area is 155 Å². The van der Waals surface area contributed by atoms with Gasteiger partial charge in [-0.15, -0.1) is 0 Å². The number of hydrogen-bond donors (Lipinski definition) is 2. The zero-order valence-corrected chi connectivity index (χ0v) is 15.2. The molecule has 0 heterocycles. The van der Waals surface area contributed by atoms with Crippen molar-refractivity contribution in [3.8, 4) is 0 Å². The van der Waals surface area contributed by atoms with Gasteiger partial charge in [0.25, 0.3) is 0 Å². The van der Waals surface area contributed by atoms with E-state index in [1.807, 2.05) is 6.07 Å². The molecule has 138 valence electrons. The number of para-hydroxylation sites is 1. The molecule has 4 nitrogen and oxygen atoms in total. The van der Waals surface area contributed by atoms with E-state index in [1.165, 1.54) is 19.9 Å². The summed E-state index contributed by atoms with van der Waals surface area (Å²) < 4.78 is 27.3. The molecule has 0 fully saturated rings. The van der Waals surface area contributed by atoms with Crippen LogP contribution in [0.4, 0.5) is 14.5 Å². The maximum atomic E-state index is 13.7. The Hall–Kier alpha value is -2.47. The standard InChI is InChI=1S/C19H19ClF2N2O2/c1-19(2,18(26)24-16-14(21)7-4-8-15(16)22)17(25)23-10-9-12-5-3-6-13(20)11-12/h3-8,11H,9-10H2,1-2H3,(H,23,25)(H,24,26). The fourth-order valence-corrected chi connectivity index (χ4v) is 2.44. The molecule has 0 aromatic heterocycles. The summed E-state index contributed by atoms with van der Waals surface area (Å²) in [5.74, 6) is -3.17. The second-order valence-electron chi connectivity index (χ2n) is 6.31. The van der Waals surface area contributed by atoms with Gasteiger partial charge in [-0.2, -0.15) is 0 Å². The number of anilines is 1. The Morgan fingerprint density at radius 3 is 2.27 bits per heavy atom. The molecule has 0 radical (unpaired) electrons. The number of benzene rings is 2. The van der Waals surface area contributed by atoms with Crippen molar-refractivity contribution in [3.63, 3.8) is 0 Å². The van der Waals surface area contributed by atoms with Gasteiger partial charge in [0.1, 0.15) is 22.7 Å². The van der Waals surface area contributed by atoms with Crippen LogP contribution >= 0.6 is 11.6 Å². The Balaban J connectivity index is 1.97. The highest BCUT2D eigenvalue weighted by atomic mass is 35.5. The lowest BCUT2D eigenvalue weighted by molar-refractivity contribution is -0.138. The smallest absolute Gasteiger partial charge is 0.239 e. The number of hydrogen-bond acceptors (Lipinski definition) is 2. The molecule has 0 saturated heterocycles. The summed E-state index contributed by atoms with van der Waals surface area (Å²) in [4.78, 5) is 24.7. The molecular weight excluding hydrogens is 362 g/mol. The molecular formula is C19H19ClF2N2O2. The van der Waals surface area contributed by atoms with Crippen LogP contribution < -0.4 is 10.6 Å². The summed E-state index contributed by atoms with van der Waals surface area (Å²) >= 11 is 5.90. The highest BCUT2D eigenvalue weighted by Crippen LogP contribution is 2.23. The third-order valence-electron chi connectivity index (χ3n) is 3.92. The molecule has 0 bridgehead atoms. The number of carbonyl (C=O) groups is 2. The van der Waals surface area contributed by atoms with Gasteiger partial charge >= 0.3 is 0 Å². The lowest BCUT2D eigenvalue weighted by atomic mass is 9.90. The van der Waals surface area contributed by atoms with Gasteiger partial charge in [0, 0.05) is 11.6 Å². The summed E-state index contributed by atoms with van der Waals surface area (Å²) in [6.07, 6.45) is 0.534. The van der Waals surface area contributed by atoms with E-state index in [0.29, 0.717) is 18.0 Å². The minimum atomic E-state index is -1.51. The summed E-state index contributed by atoms with van der Waals surface area (Å²) in [6, 6.07) is 10.4. The second-order valence-corrected chi connectivity index (χ2v) is 6.75. The van der Waals surface area contributed by atoms with Gasteiger partial charge < -0.3 is 10.6 Å². The van der Waals surface area contributed by atoms with Crippen LogP contribution in [0.25, 0.3) is 0 Å². The number of amides is 2. The van der Waals surface area contributed by atoms with Gasteiger partial charge in [-0.3, -0.25) is 9.59 Å². The largest absolute Gasteiger partial charge is 0.355 e. The van der Waals surface area contributed by atoms with E-state index in [-0.39, 0.29) is 0 Å². The van der Waals surface area contributed by atoms with Gasteiger partial charge in [0.2, 0.25) is 11.8 Å². The van der Waals surface area contributed by atoms with Crippen molar-refractivity contribution in [3.05, 3.63) is 64.7 Å². The number of halogens is 3. The topological polar surface area (TPSA) is 58.2 Å². The van der Waals surface area contributed by atoms with Crippen LogP contribution in [0.1, 0.15) is 19.4 Å². The summed E-state index contributed by atoms with van der Waals surface area (Å²) in [5, 5.41) is 5.40. The minimum absolute atomic E-state index is 0.296. The molecule has 7 heteroatoms. The Morgan fingerprint density at radius 1 is 1.04 bits per heavy atom. The third-order valence-corrected chi connectivity index (χ3v) is 4.16. The molecule has 2 amide bonds. The molecule has 0 saturated carbocycles. The Morgan fingerprint density at radius 2 is 1.65 bits per heavy atom. The van der Waals surface area contributed by atoms with Gasteiger partial charge in [-0.05, 0) is 50.1 Å². The van der Waals surface area contributed by atoms with E-state index in [2.05, 4.69) is 10.6 Å². The number of rotatable bonds is 6. The highest BCUT2D eigenvalue weighted by molar-refractivity contribution is 6.30. The van der Waals surface area contributed by atoms with E-state index >= 15 is 0 Å². The predicted octanol–water partition coefficient (Wildman–Crippen LogP) is 3.94. The second kappa shape index (κ2) is 8.27. The SMILES string of the molecule is CC(C)(C(=O)NCCc1cccc(Cl)c1)C(=O)Nc1c(F)cccc1F. The maximum Gasteiger partial charge on any atom is 0.239 e. The van der Waals surface area contributed by atoms with Crippen molar-refractivity contribution in [2.24, 2.45) is 5.41 Å². The van der Waals surface area contributed by atoms with E-state index < -0.39 is 34.6 Å². The van der Waals surface area contributed by atoms with E-state index in [9.17, 15) is 18.4 Å². The summed E-state index contributed by atoms with van der Waals surface area (Å²) in [7, 11) is 0. The first kappa shape index (κ1) is 19.8. The van der Waals surface area contributed by atoms with Crippen molar-refractivity contribution in [1.29, 1.82) is 0 Å². The first-order valence-corrected chi connectivity index (χ1v) is 8.38. The average Bonchev–Trinajstić information content (AvgIpc) is 2.58. The molecule has 0 spiro atoms. The van der Waals surface area contributed by atoms with Crippen molar-refractivity contribution in [2.75, 3.05) is 11.9 Å². The van der Waals surface area contributed by atoms with Gasteiger partial charge in [-0.1, -0.05) is 29.8 Å². The van der Waals surface area contributed by atoms with E-state index in [1.54, 1.807) is 18.2 Å². The molecule has 2 N–H and O–H groups in total. The van der Waals surface area contributed by atoms with E-state index in [0.717, 1.165) is 17.7 Å². The van der Waals surface area contributed by atoms with Crippen LogP contribution in [-0.4, -0.2) is 18.4 Å². The Bertz CT molecular complexity index is 805. The zero-order chi connectivity index (χ0) is 19.3. The molecule has 26 heavy (non-hydrogen) atoms. The van der Waals surface area contributed by atoms with E-state index in [4.69, 9.17) is 11.6 Å². The zero-order valence-electron chi connectivity index (χ0n) is 14.4. The lowest BCUT2D eigenvalue weighted by Gasteiger charge is -2.23. The Kier molecular flexibility index (Phi) is 6.32. The van der Waals surface area contributed by atoms with Crippen LogP contribution in [0.15, 0.2) is 42.5 Å². The van der Waals surface area contributed by atoms with Crippen molar-refractivity contribution in [1.82, 2.24) is 5.32 Å². The van der Waals surface area contributed by atoms with Crippen LogP contribution in [-0.2, 0) is 16.0 Å². The van der Waals surface area contributed by atoms with Gasteiger partial charge in [0.05, 0.1) is 0 Å². The minimum Gasteiger partial charge on any atom is -0.355 e. The molecule has 2 aromatic carbocycles. The third kappa shape index (κ3) is 4.79. The van der Waals surface area contributed by atoms with Crippen LogP contribution in [0.2, 0.25) is 5.02 Å². The molecule has 0 aliphatic heterocycles. The maximum absolute atomic E-state index is 13.7. The quantitative estimate of drug-likeness (QED) is 0.746. The van der Waals surface area contributed by atoms with Crippen LogP contribution in [0, 0.1) is 17.0 Å². The summed E-state index contributed by atoms with van der Waals surface area (Å²) in [6.45, 7) is 3.07. The monoisotopic (exact) mass is 380 g/mol. The first-order valence-electron chi connectivity index (χ1n) is 8.00. The molecule has 0 aliphatic carbocycles. The van der Waals surface area contributed by atoms with Crippen LogP contribution in [0.3, 0.4) is 0 Å². The highest BCUT2D eigenvalue weighted by Gasteiger charge is 2.36. The molecule has 0 atom stereocenters. The molecule has 0 unspecified atom stereocenters. The van der Waals surface area contributed by atoms with Gasteiger partial charge in [-0.25, -0.2) is 8.78 Å². The molecule has 2 aromatic rings. The van der Waals surface area contributed by atoms with Crippen molar-refractivity contribution < 1.29 is 18.4 Å². The fourth-order valence-electron chi connectivity index (χ4n) is 2.22. The lowest BCUT2D eigenvalue weighted by Crippen LogP contribution is -2.45. The first-order chi connectivity index (χ1) is 12.2. The molecule has 2 rings (SSSR count). The fraction of sp³-hybridized carbons (Fsp3) is 0.263. The van der Waals surface area contributed by atoms with Crippen molar-refractivity contribution >= 4 is 29.1 Å². The summed E-state index contributed by atoms with van der Waals surface area (Å²) in [5.41, 5.74) is -1.14. The predicted molar refractivity (Wildman–Crippen MR) is 96.9 cm³/mol. The average molecular weight is 381 g/mol.